The third kappa shape index (κ3) is 5.78. The van der Waals surface area contributed by atoms with Crippen LogP contribution in [-0.4, -0.2) is 24.5 Å². The molecule has 1 saturated heterocycles. The topological polar surface area (TPSA) is 84.9 Å². The van der Waals surface area contributed by atoms with E-state index < -0.39 is 17.8 Å². The molecule has 1 fully saturated rings. The summed E-state index contributed by atoms with van der Waals surface area (Å²) in [6, 6.07) is 15.7. The van der Waals surface area contributed by atoms with Gasteiger partial charge in [-0.1, -0.05) is 51.8 Å². The van der Waals surface area contributed by atoms with Crippen LogP contribution in [0.25, 0.3) is 6.08 Å². The molecule has 0 aliphatic carbocycles. The van der Waals surface area contributed by atoms with Crippen LogP contribution in [0.5, 0.6) is 11.5 Å². The number of nitrogens with zero attached hydrogens (tertiary/aromatic N) is 1. The van der Waals surface area contributed by atoms with Crippen molar-refractivity contribution < 1.29 is 23.9 Å². The summed E-state index contributed by atoms with van der Waals surface area (Å²) in [4.78, 5) is 39.6. The molecule has 3 aromatic rings. The first-order valence-corrected chi connectivity index (χ1v) is 13.1. The van der Waals surface area contributed by atoms with Gasteiger partial charge in [-0.3, -0.25) is 14.9 Å². The van der Waals surface area contributed by atoms with Crippen LogP contribution in [-0.2, 0) is 16.2 Å². The van der Waals surface area contributed by atoms with Crippen LogP contribution >= 0.6 is 31.9 Å². The van der Waals surface area contributed by atoms with E-state index in [-0.39, 0.29) is 5.57 Å². The first kappa shape index (κ1) is 26.6. The van der Waals surface area contributed by atoms with E-state index in [4.69, 9.17) is 9.47 Å². The average Bonchev–Trinajstić information content (AvgIpc) is 2.83. The van der Waals surface area contributed by atoms with Gasteiger partial charge in [-0.05, 0) is 78.2 Å². The van der Waals surface area contributed by atoms with Crippen LogP contribution in [0.1, 0.15) is 29.2 Å². The van der Waals surface area contributed by atoms with Gasteiger partial charge in [-0.2, -0.15) is 0 Å². The van der Waals surface area contributed by atoms with Crippen molar-refractivity contribution in [1.29, 1.82) is 0 Å². The SMILES string of the molecule is CCOc1cc(/C=C2\C(=O)NC(=O)N(c3ccc(C)cc3C)C2=O)cc(Br)c1OCc1ccccc1Br. The zero-order valence-electron chi connectivity index (χ0n) is 20.4. The highest BCUT2D eigenvalue weighted by Crippen LogP contribution is 2.38. The van der Waals surface area contributed by atoms with Gasteiger partial charge in [-0.25, -0.2) is 9.69 Å². The molecular formula is C28H24Br2N2O5. The summed E-state index contributed by atoms with van der Waals surface area (Å²) >= 11 is 7.05. The molecule has 1 heterocycles. The molecule has 7 nitrogen and oxygen atoms in total. The van der Waals surface area contributed by atoms with Crippen LogP contribution in [0.2, 0.25) is 0 Å². The molecule has 0 saturated carbocycles. The molecule has 3 aromatic carbocycles. The number of urea groups is 1. The summed E-state index contributed by atoms with van der Waals surface area (Å²) in [5, 5.41) is 2.27. The highest BCUT2D eigenvalue weighted by atomic mass is 79.9. The number of carbonyl (C=O) groups excluding carboxylic acids is 3. The number of halogens is 2. The van der Waals surface area contributed by atoms with Crippen LogP contribution < -0.4 is 19.7 Å². The summed E-state index contributed by atoms with van der Waals surface area (Å²) < 4.78 is 13.4. The number of ether oxygens (including phenoxy) is 2. The van der Waals surface area contributed by atoms with E-state index in [0.29, 0.717) is 40.4 Å². The first-order chi connectivity index (χ1) is 17.7. The van der Waals surface area contributed by atoms with Gasteiger partial charge in [0.15, 0.2) is 11.5 Å². The molecule has 37 heavy (non-hydrogen) atoms. The molecule has 1 N–H and O–H groups in total. The van der Waals surface area contributed by atoms with Gasteiger partial charge in [0, 0.05) is 10.0 Å². The van der Waals surface area contributed by atoms with Crippen LogP contribution in [0.15, 0.2) is 69.1 Å². The van der Waals surface area contributed by atoms with Crippen molar-refractivity contribution in [2.45, 2.75) is 27.4 Å². The van der Waals surface area contributed by atoms with Gasteiger partial charge >= 0.3 is 6.03 Å². The summed E-state index contributed by atoms with van der Waals surface area (Å²) in [5.74, 6) is -0.531. The normalized spacial score (nSPS) is 14.7. The average molecular weight is 628 g/mol. The van der Waals surface area contributed by atoms with Crippen molar-refractivity contribution in [2.75, 3.05) is 11.5 Å². The van der Waals surface area contributed by atoms with Crippen molar-refractivity contribution in [2.24, 2.45) is 0 Å². The van der Waals surface area contributed by atoms with Crippen molar-refractivity contribution in [3.63, 3.8) is 0 Å². The third-order valence-electron chi connectivity index (χ3n) is 5.67. The van der Waals surface area contributed by atoms with E-state index >= 15 is 0 Å². The highest BCUT2D eigenvalue weighted by molar-refractivity contribution is 9.10. The third-order valence-corrected chi connectivity index (χ3v) is 7.03. The monoisotopic (exact) mass is 626 g/mol. The Labute approximate surface area is 231 Å². The van der Waals surface area contributed by atoms with E-state index in [9.17, 15) is 14.4 Å². The lowest BCUT2D eigenvalue weighted by Crippen LogP contribution is -2.54. The molecule has 0 bridgehead atoms. The summed E-state index contributed by atoms with van der Waals surface area (Å²) in [6.07, 6.45) is 1.44. The second-order valence-corrected chi connectivity index (χ2v) is 10.1. The lowest BCUT2D eigenvalue weighted by molar-refractivity contribution is -0.122. The lowest BCUT2D eigenvalue weighted by atomic mass is 10.0. The molecular weight excluding hydrogens is 604 g/mol. The van der Waals surface area contributed by atoms with E-state index in [1.807, 2.05) is 44.2 Å². The second-order valence-electron chi connectivity index (χ2n) is 8.39. The van der Waals surface area contributed by atoms with E-state index in [1.165, 1.54) is 6.08 Å². The molecule has 4 amide bonds. The highest BCUT2D eigenvalue weighted by Gasteiger charge is 2.37. The van der Waals surface area contributed by atoms with Crippen LogP contribution in [0, 0.1) is 13.8 Å². The number of hydrogen-bond acceptors (Lipinski definition) is 5. The largest absolute Gasteiger partial charge is 0.490 e. The van der Waals surface area contributed by atoms with Gasteiger partial charge in [0.2, 0.25) is 0 Å². The Morgan fingerprint density at radius 3 is 2.41 bits per heavy atom. The fourth-order valence-electron chi connectivity index (χ4n) is 3.94. The number of aryl methyl sites for hydroxylation is 2. The molecule has 0 radical (unpaired) electrons. The number of hydrogen-bond donors (Lipinski definition) is 1. The smallest absolute Gasteiger partial charge is 0.335 e. The minimum absolute atomic E-state index is 0.171. The molecule has 0 aromatic heterocycles. The van der Waals surface area contributed by atoms with Crippen molar-refractivity contribution in [3.05, 3.63) is 91.4 Å². The summed E-state index contributed by atoms with van der Waals surface area (Å²) in [7, 11) is 0. The fourth-order valence-corrected chi connectivity index (χ4v) is 4.91. The molecule has 0 atom stereocenters. The number of benzene rings is 3. The Morgan fingerprint density at radius 2 is 1.70 bits per heavy atom. The first-order valence-electron chi connectivity index (χ1n) is 11.5. The molecule has 1 aliphatic heterocycles. The van der Waals surface area contributed by atoms with Gasteiger partial charge in [-0.15, -0.1) is 0 Å². The van der Waals surface area contributed by atoms with Crippen molar-refractivity contribution >= 4 is 61.5 Å². The lowest BCUT2D eigenvalue weighted by Gasteiger charge is -2.27. The molecule has 190 valence electrons. The quantitative estimate of drug-likeness (QED) is 0.240. The predicted molar refractivity (Wildman–Crippen MR) is 149 cm³/mol. The van der Waals surface area contributed by atoms with Crippen LogP contribution in [0.4, 0.5) is 10.5 Å². The Morgan fingerprint density at radius 1 is 0.946 bits per heavy atom. The standard InChI is InChI=1S/C28H24Br2N2O5/c1-4-36-24-14-18(13-22(30)25(24)37-15-19-7-5-6-8-21(19)29)12-20-26(33)31-28(35)32(27(20)34)23-10-9-16(2)11-17(23)3/h5-14H,4,15H2,1-3H3,(H,31,33,35)/b20-12+. The summed E-state index contributed by atoms with van der Waals surface area (Å²) in [5.41, 5.74) is 3.47. The van der Waals surface area contributed by atoms with E-state index in [0.717, 1.165) is 26.1 Å². The Balaban J connectivity index is 1.68. The number of rotatable bonds is 7. The number of anilines is 1. The van der Waals surface area contributed by atoms with Crippen molar-refractivity contribution in [1.82, 2.24) is 5.32 Å². The molecule has 1 aliphatic rings. The maximum absolute atomic E-state index is 13.3. The van der Waals surface area contributed by atoms with Gasteiger partial charge in [0.05, 0.1) is 16.8 Å². The molecule has 0 unspecified atom stereocenters. The summed E-state index contributed by atoms with van der Waals surface area (Å²) in [6.45, 7) is 6.26. The maximum Gasteiger partial charge on any atom is 0.335 e. The zero-order valence-corrected chi connectivity index (χ0v) is 23.6. The number of nitrogens with one attached hydrogen (secondary N) is 1. The van der Waals surface area contributed by atoms with Gasteiger partial charge in [0.25, 0.3) is 11.8 Å². The molecule has 4 rings (SSSR count). The molecule has 0 spiro atoms. The maximum atomic E-state index is 13.3. The number of barbiturate groups is 1. The van der Waals surface area contributed by atoms with Gasteiger partial charge < -0.3 is 9.47 Å². The van der Waals surface area contributed by atoms with Crippen molar-refractivity contribution in [3.8, 4) is 11.5 Å². The second kappa shape index (κ2) is 11.3. The molecule has 9 heteroatoms. The Bertz CT molecular complexity index is 1430. The number of carbonyl (C=O) groups is 3. The zero-order chi connectivity index (χ0) is 26.7. The Kier molecular flexibility index (Phi) is 8.14. The fraction of sp³-hybridized carbons (Fsp3) is 0.179. The van der Waals surface area contributed by atoms with E-state index in [2.05, 4.69) is 37.2 Å². The van der Waals surface area contributed by atoms with E-state index in [1.54, 1.807) is 31.2 Å². The van der Waals surface area contributed by atoms with Crippen LogP contribution in [0.3, 0.4) is 0 Å². The number of amides is 4. The Hall–Kier alpha value is -3.43. The number of imide groups is 2. The minimum atomic E-state index is -0.786. The minimum Gasteiger partial charge on any atom is -0.490 e. The predicted octanol–water partition coefficient (Wildman–Crippen LogP) is 6.47. The van der Waals surface area contributed by atoms with Gasteiger partial charge in [0.1, 0.15) is 12.2 Å².